The van der Waals surface area contributed by atoms with E-state index in [1.807, 2.05) is 0 Å². The van der Waals surface area contributed by atoms with E-state index in [9.17, 15) is 4.79 Å². The second-order valence-corrected chi connectivity index (χ2v) is 11.3. The smallest absolute Gasteiger partial charge is 0.291 e. The Labute approximate surface area is 210 Å². The molecule has 35 heavy (non-hydrogen) atoms. The minimum absolute atomic E-state index is 0.0274. The van der Waals surface area contributed by atoms with E-state index in [1.54, 1.807) is 18.4 Å². The predicted octanol–water partition coefficient (Wildman–Crippen LogP) is 3.75. The number of furan rings is 1. The molecule has 4 rings (SSSR count). The topological polar surface area (TPSA) is 111 Å². The lowest BCUT2D eigenvalue weighted by atomic mass is 9.69. The summed E-state index contributed by atoms with van der Waals surface area (Å²) in [6.07, 6.45) is 14.8. The predicted molar refractivity (Wildman–Crippen MR) is 139 cm³/mol. The molecule has 8 heteroatoms. The molecule has 2 atom stereocenters. The summed E-state index contributed by atoms with van der Waals surface area (Å²) in [5.74, 6) is 1.21. The molecule has 5 N–H and O–H groups in total. The molecule has 1 amide bonds. The van der Waals surface area contributed by atoms with E-state index < -0.39 is 0 Å². The number of piperidine rings is 2. The summed E-state index contributed by atoms with van der Waals surface area (Å²) in [5, 5.41) is 14.1. The highest BCUT2D eigenvalue weighted by Gasteiger charge is 2.37. The van der Waals surface area contributed by atoms with Gasteiger partial charge < -0.3 is 25.3 Å². The van der Waals surface area contributed by atoms with Gasteiger partial charge in [-0.3, -0.25) is 15.5 Å². The van der Waals surface area contributed by atoms with Crippen molar-refractivity contribution in [2.75, 3.05) is 32.7 Å². The van der Waals surface area contributed by atoms with Crippen LogP contribution in [0.2, 0.25) is 0 Å². The molecule has 1 saturated carbocycles. The number of likely N-dealkylation sites (tertiary alicyclic amines) is 1. The number of carbonyl (C=O) groups is 1. The number of rotatable bonds is 9. The van der Waals surface area contributed by atoms with Crippen molar-refractivity contribution in [2.24, 2.45) is 17.1 Å². The van der Waals surface area contributed by atoms with Crippen LogP contribution >= 0.6 is 0 Å². The lowest BCUT2D eigenvalue weighted by Gasteiger charge is -2.45. The first kappa shape index (κ1) is 26.0. The van der Waals surface area contributed by atoms with Gasteiger partial charge in [-0.15, -0.1) is 0 Å². The third-order valence-electron chi connectivity index (χ3n) is 8.73. The highest BCUT2D eigenvalue weighted by Crippen LogP contribution is 2.42. The molecular weight excluding hydrogens is 440 g/mol. The monoisotopic (exact) mass is 486 g/mol. The number of nitrogens with two attached hydrogens (primary N) is 1. The Morgan fingerprint density at radius 1 is 1.23 bits per heavy atom. The summed E-state index contributed by atoms with van der Waals surface area (Å²) in [5.41, 5.74) is 5.89. The van der Waals surface area contributed by atoms with Crippen molar-refractivity contribution in [3.05, 3.63) is 24.2 Å². The molecule has 196 valence electrons. The van der Waals surface area contributed by atoms with E-state index >= 15 is 0 Å². The van der Waals surface area contributed by atoms with Crippen LogP contribution in [0.1, 0.15) is 88.1 Å². The van der Waals surface area contributed by atoms with E-state index in [0.717, 1.165) is 64.8 Å². The zero-order chi connectivity index (χ0) is 24.7. The molecule has 3 fully saturated rings. The lowest BCUT2D eigenvalue weighted by Crippen LogP contribution is -2.58. The minimum atomic E-state index is 0.0274. The summed E-state index contributed by atoms with van der Waals surface area (Å²) in [7, 11) is 0. The average molecular weight is 487 g/mol. The largest absolute Gasteiger partial charge is 0.459 e. The van der Waals surface area contributed by atoms with Gasteiger partial charge in [0, 0.05) is 25.7 Å². The van der Waals surface area contributed by atoms with Crippen LogP contribution in [0.3, 0.4) is 0 Å². The summed E-state index contributed by atoms with van der Waals surface area (Å²) in [4.78, 5) is 18.2. The first-order valence-electron chi connectivity index (χ1n) is 13.9. The molecule has 2 aliphatic heterocycles. The number of hydrogen-bond acceptors (Lipinski definition) is 5. The summed E-state index contributed by atoms with van der Waals surface area (Å²) in [6, 6.07) is 3.84. The molecule has 8 nitrogen and oxygen atoms in total. The van der Waals surface area contributed by atoms with E-state index in [4.69, 9.17) is 15.6 Å². The quantitative estimate of drug-likeness (QED) is 0.313. The molecule has 0 radical (unpaired) electrons. The van der Waals surface area contributed by atoms with Crippen LogP contribution < -0.4 is 16.4 Å². The van der Waals surface area contributed by atoms with Crippen molar-refractivity contribution in [3.8, 4) is 0 Å². The van der Waals surface area contributed by atoms with Gasteiger partial charge in [0.2, 0.25) is 0 Å². The first-order valence-corrected chi connectivity index (χ1v) is 13.9. The lowest BCUT2D eigenvalue weighted by molar-refractivity contribution is 0.0247. The third-order valence-corrected chi connectivity index (χ3v) is 8.73. The molecule has 1 aromatic rings. The average Bonchev–Trinajstić information content (AvgIpc) is 3.41. The highest BCUT2D eigenvalue weighted by molar-refractivity contribution is 5.92. The Kier molecular flexibility index (Phi) is 9.11. The van der Waals surface area contributed by atoms with Crippen LogP contribution in [0.4, 0.5) is 0 Å². The molecule has 0 aromatic carbocycles. The maximum atomic E-state index is 13.4. The maximum absolute atomic E-state index is 13.4. The van der Waals surface area contributed by atoms with Crippen LogP contribution in [-0.4, -0.2) is 66.6 Å². The Balaban J connectivity index is 1.33. The van der Waals surface area contributed by atoms with E-state index in [2.05, 4.69) is 27.4 Å². The first-order chi connectivity index (χ1) is 17.0. The van der Waals surface area contributed by atoms with Gasteiger partial charge in [-0.05, 0) is 87.9 Å². The fourth-order valence-corrected chi connectivity index (χ4v) is 6.52. The van der Waals surface area contributed by atoms with Crippen molar-refractivity contribution in [1.82, 2.24) is 20.4 Å². The van der Waals surface area contributed by atoms with Crippen molar-refractivity contribution >= 4 is 11.9 Å². The third kappa shape index (κ3) is 7.00. The second-order valence-electron chi connectivity index (χ2n) is 11.3. The number of guanidine groups is 1. The van der Waals surface area contributed by atoms with Gasteiger partial charge in [0.05, 0.1) is 12.4 Å². The Bertz CT molecular complexity index is 791. The van der Waals surface area contributed by atoms with Gasteiger partial charge in [-0.2, -0.15) is 0 Å². The van der Waals surface area contributed by atoms with Crippen LogP contribution in [0, 0.1) is 16.7 Å². The van der Waals surface area contributed by atoms with Crippen LogP contribution in [0.5, 0.6) is 0 Å². The zero-order valence-corrected chi connectivity index (χ0v) is 21.6. The Hall–Kier alpha value is -2.06. The molecule has 2 unspecified atom stereocenters. The number of hydrogen-bond donors (Lipinski definition) is 4. The van der Waals surface area contributed by atoms with Crippen LogP contribution in [-0.2, 0) is 0 Å². The molecular formula is C27H46N6O2. The molecule has 2 saturated heterocycles. The summed E-state index contributed by atoms with van der Waals surface area (Å²) < 4.78 is 5.51. The highest BCUT2D eigenvalue weighted by atomic mass is 16.3. The van der Waals surface area contributed by atoms with Gasteiger partial charge in [-0.25, -0.2) is 0 Å². The second kappa shape index (κ2) is 12.3. The summed E-state index contributed by atoms with van der Waals surface area (Å²) in [6.45, 7) is 7.24. The maximum Gasteiger partial charge on any atom is 0.291 e. The minimum Gasteiger partial charge on any atom is -0.459 e. The molecule has 0 bridgehead atoms. The number of nitrogens with one attached hydrogen (secondary N) is 3. The fourth-order valence-electron chi connectivity index (χ4n) is 6.52. The standard InChI is InChI=1S/C27H46N6O2/c1-21-7-8-24(31-20-21)33(25(34)23-6-5-19-35-23)22-9-16-32(17-10-22)18-14-27(11-3-2-4-12-27)13-15-30-26(28)29/h5-6,19,21-22,24,31H,2-4,7-18,20H2,1H3,(H4,28,29,30). The zero-order valence-electron chi connectivity index (χ0n) is 21.6. The molecule has 0 spiro atoms. The van der Waals surface area contributed by atoms with Crippen LogP contribution in [0.25, 0.3) is 0 Å². The number of carbonyl (C=O) groups excluding carboxylic acids is 1. The van der Waals surface area contributed by atoms with Crippen molar-refractivity contribution in [1.29, 1.82) is 5.41 Å². The molecule has 3 aliphatic rings. The van der Waals surface area contributed by atoms with Gasteiger partial charge in [-0.1, -0.05) is 26.2 Å². The van der Waals surface area contributed by atoms with Crippen molar-refractivity contribution < 1.29 is 9.21 Å². The Morgan fingerprint density at radius 3 is 2.63 bits per heavy atom. The fraction of sp³-hybridized carbons (Fsp3) is 0.778. The molecule has 1 aromatic heterocycles. The Morgan fingerprint density at radius 2 is 2.00 bits per heavy atom. The van der Waals surface area contributed by atoms with Gasteiger partial charge in [0.15, 0.2) is 11.7 Å². The van der Waals surface area contributed by atoms with Crippen LogP contribution in [0.15, 0.2) is 22.8 Å². The molecule has 3 heterocycles. The number of amides is 1. The van der Waals surface area contributed by atoms with Crippen molar-refractivity contribution in [2.45, 2.75) is 89.8 Å². The van der Waals surface area contributed by atoms with E-state index in [1.165, 1.54) is 38.5 Å². The van der Waals surface area contributed by atoms with Gasteiger partial charge in [0.1, 0.15) is 0 Å². The molecule has 1 aliphatic carbocycles. The normalized spacial score (nSPS) is 25.7. The van der Waals surface area contributed by atoms with Gasteiger partial charge in [0.25, 0.3) is 5.91 Å². The number of nitrogens with zero attached hydrogens (tertiary/aromatic N) is 2. The summed E-state index contributed by atoms with van der Waals surface area (Å²) >= 11 is 0. The SMILES string of the molecule is CC1CCC(N(C(=O)c2ccco2)C2CCN(CCC3(CCNC(=N)N)CCCCC3)CC2)NC1. The van der Waals surface area contributed by atoms with E-state index in [-0.39, 0.29) is 24.1 Å². The van der Waals surface area contributed by atoms with E-state index in [0.29, 0.717) is 17.1 Å². The van der Waals surface area contributed by atoms with Gasteiger partial charge >= 0.3 is 0 Å². The van der Waals surface area contributed by atoms with Crippen molar-refractivity contribution in [3.63, 3.8) is 0 Å².